The number of rotatable bonds is 7. The first kappa shape index (κ1) is 20.0. The second-order valence-electron chi connectivity index (χ2n) is 6.17. The Morgan fingerprint density at radius 1 is 1.23 bits per heavy atom. The second kappa shape index (κ2) is 7.94. The van der Waals surface area contributed by atoms with E-state index in [2.05, 4.69) is 4.72 Å². The van der Waals surface area contributed by atoms with Gasteiger partial charge in [-0.3, -0.25) is 0 Å². The molecule has 0 saturated carbocycles. The Hall–Kier alpha value is -2.29. The van der Waals surface area contributed by atoms with Crippen molar-refractivity contribution in [3.63, 3.8) is 0 Å². The molecule has 2 rings (SSSR count). The number of carbonyl (C=O) groups is 1. The minimum Gasteiger partial charge on any atom is -0.478 e. The molecule has 0 aliphatic heterocycles. The van der Waals surface area contributed by atoms with Crippen LogP contribution < -0.4 is 4.72 Å². The lowest BCUT2D eigenvalue weighted by atomic mass is 10.1. The van der Waals surface area contributed by atoms with Crippen molar-refractivity contribution in [2.24, 2.45) is 0 Å². The third-order valence-electron chi connectivity index (χ3n) is 4.07. The zero-order valence-corrected chi connectivity index (χ0v) is 15.5. The summed E-state index contributed by atoms with van der Waals surface area (Å²) >= 11 is 0. The number of carboxylic acids is 1. The van der Waals surface area contributed by atoms with E-state index in [0.29, 0.717) is 11.1 Å². The summed E-state index contributed by atoms with van der Waals surface area (Å²) in [5.74, 6) is -1.59. The Balaban J connectivity index is 2.25. The van der Waals surface area contributed by atoms with Crippen LogP contribution in [0.1, 0.15) is 27.5 Å². The molecule has 1 unspecified atom stereocenters. The van der Waals surface area contributed by atoms with E-state index in [1.807, 2.05) is 0 Å². The van der Waals surface area contributed by atoms with Crippen LogP contribution in [0.5, 0.6) is 0 Å². The predicted octanol–water partition coefficient (Wildman–Crippen LogP) is 2.41. The van der Waals surface area contributed by atoms with Crippen LogP contribution in [0.3, 0.4) is 0 Å². The number of nitrogens with one attached hydrogen (secondary N) is 1. The van der Waals surface area contributed by atoms with Gasteiger partial charge >= 0.3 is 5.97 Å². The molecule has 6 nitrogen and oxygen atoms in total. The van der Waals surface area contributed by atoms with Gasteiger partial charge in [-0.25, -0.2) is 22.3 Å². The van der Waals surface area contributed by atoms with Crippen LogP contribution in [-0.4, -0.2) is 45.0 Å². The largest absolute Gasteiger partial charge is 0.478 e. The molecule has 2 N–H and O–H groups in total. The number of nitrogens with zero attached hydrogens (tertiary/aromatic N) is 1. The van der Waals surface area contributed by atoms with Crippen LogP contribution in [0.25, 0.3) is 0 Å². The van der Waals surface area contributed by atoms with Crippen LogP contribution in [-0.2, 0) is 10.0 Å². The van der Waals surface area contributed by atoms with E-state index in [0.717, 1.165) is 6.07 Å². The summed E-state index contributed by atoms with van der Waals surface area (Å²) in [6.07, 6.45) is 0. The molecule has 0 bridgehead atoms. The van der Waals surface area contributed by atoms with Crippen molar-refractivity contribution >= 4 is 16.0 Å². The molecule has 2 aromatic carbocycles. The van der Waals surface area contributed by atoms with Gasteiger partial charge in [-0.05, 0) is 56.4 Å². The van der Waals surface area contributed by atoms with Crippen LogP contribution >= 0.6 is 0 Å². The Morgan fingerprint density at radius 2 is 1.92 bits per heavy atom. The van der Waals surface area contributed by atoms with Crippen molar-refractivity contribution in [3.05, 3.63) is 65.0 Å². The number of carboxylic acid groups (broad SMARTS) is 1. The Morgan fingerprint density at radius 3 is 2.50 bits per heavy atom. The maximum atomic E-state index is 13.5. The van der Waals surface area contributed by atoms with Gasteiger partial charge in [-0.1, -0.05) is 18.2 Å². The number of benzene rings is 2. The van der Waals surface area contributed by atoms with Crippen molar-refractivity contribution in [3.8, 4) is 0 Å². The van der Waals surface area contributed by atoms with E-state index in [4.69, 9.17) is 5.11 Å². The first-order valence-electron chi connectivity index (χ1n) is 7.87. The summed E-state index contributed by atoms with van der Waals surface area (Å²) in [5.41, 5.74) is 1.04. The number of likely N-dealkylation sites (N-methyl/N-ethyl adjacent to an activating group) is 1. The summed E-state index contributed by atoms with van der Waals surface area (Å²) in [7, 11) is -0.389. The van der Waals surface area contributed by atoms with Gasteiger partial charge in [0.25, 0.3) is 0 Å². The molecule has 26 heavy (non-hydrogen) atoms. The zero-order chi connectivity index (χ0) is 19.5. The van der Waals surface area contributed by atoms with Gasteiger partial charge in [-0.15, -0.1) is 0 Å². The lowest BCUT2D eigenvalue weighted by Gasteiger charge is -2.25. The fraction of sp³-hybridized carbons (Fsp3) is 0.278. The smallest absolute Gasteiger partial charge is 0.335 e. The lowest BCUT2D eigenvalue weighted by molar-refractivity contribution is 0.0696. The normalized spacial score (nSPS) is 13.0. The minimum atomic E-state index is -3.91. The number of hydrogen-bond acceptors (Lipinski definition) is 4. The summed E-state index contributed by atoms with van der Waals surface area (Å²) < 4.78 is 41.0. The minimum absolute atomic E-state index is 0.00900. The van der Waals surface area contributed by atoms with Gasteiger partial charge in [0.2, 0.25) is 10.0 Å². The maximum Gasteiger partial charge on any atom is 0.335 e. The molecule has 0 amide bonds. The molecule has 140 valence electrons. The van der Waals surface area contributed by atoms with E-state index in [1.54, 1.807) is 38.1 Å². The molecular weight excluding hydrogens is 359 g/mol. The van der Waals surface area contributed by atoms with Crippen molar-refractivity contribution in [2.75, 3.05) is 20.6 Å². The van der Waals surface area contributed by atoms with Gasteiger partial charge in [0.15, 0.2) is 0 Å². The molecule has 0 spiro atoms. The average Bonchev–Trinajstić information content (AvgIpc) is 2.54. The van der Waals surface area contributed by atoms with Crippen LogP contribution in [0, 0.1) is 12.7 Å². The third kappa shape index (κ3) is 4.66. The number of halogens is 1. The third-order valence-corrected chi connectivity index (χ3v) is 5.49. The quantitative estimate of drug-likeness (QED) is 0.770. The fourth-order valence-electron chi connectivity index (χ4n) is 2.58. The highest BCUT2D eigenvalue weighted by molar-refractivity contribution is 7.89. The molecular formula is C18H21FN2O4S. The van der Waals surface area contributed by atoms with E-state index in [-0.39, 0.29) is 23.0 Å². The van der Waals surface area contributed by atoms with Gasteiger partial charge in [0, 0.05) is 12.6 Å². The molecule has 0 aliphatic rings. The monoisotopic (exact) mass is 380 g/mol. The van der Waals surface area contributed by atoms with Crippen molar-refractivity contribution in [1.82, 2.24) is 9.62 Å². The van der Waals surface area contributed by atoms with E-state index < -0.39 is 21.8 Å². The molecule has 2 aromatic rings. The average molecular weight is 380 g/mol. The van der Waals surface area contributed by atoms with Crippen LogP contribution in [0.2, 0.25) is 0 Å². The highest BCUT2D eigenvalue weighted by Gasteiger charge is 2.21. The summed E-state index contributed by atoms with van der Waals surface area (Å²) in [6, 6.07) is 9.51. The van der Waals surface area contributed by atoms with Gasteiger partial charge < -0.3 is 10.0 Å². The second-order valence-corrected chi connectivity index (χ2v) is 7.94. The standard InChI is InChI=1S/C18H21FN2O4S/c1-12-7-8-15(10-16(12)18(22)23)26(24,25)20-11-17(21(2)3)13-5-4-6-14(19)9-13/h4-10,17,20H,11H2,1-3H3,(H,22,23). The van der Waals surface area contributed by atoms with Gasteiger partial charge in [0.1, 0.15) is 5.82 Å². The van der Waals surface area contributed by atoms with Crippen molar-refractivity contribution in [1.29, 1.82) is 0 Å². The summed E-state index contributed by atoms with van der Waals surface area (Å²) in [6.45, 7) is 1.61. The first-order chi connectivity index (χ1) is 12.1. The Labute approximate surface area is 152 Å². The van der Waals surface area contributed by atoms with Gasteiger partial charge in [0.05, 0.1) is 10.5 Å². The van der Waals surface area contributed by atoms with E-state index in [1.165, 1.54) is 24.3 Å². The topological polar surface area (TPSA) is 86.7 Å². The summed E-state index contributed by atoms with van der Waals surface area (Å²) in [4.78, 5) is 12.9. The van der Waals surface area contributed by atoms with Crippen molar-refractivity contribution < 1.29 is 22.7 Å². The maximum absolute atomic E-state index is 13.5. The van der Waals surface area contributed by atoms with Crippen molar-refractivity contribution in [2.45, 2.75) is 17.9 Å². The first-order valence-corrected chi connectivity index (χ1v) is 9.35. The van der Waals surface area contributed by atoms with Gasteiger partial charge in [-0.2, -0.15) is 0 Å². The number of aromatic carboxylic acids is 1. The van der Waals surface area contributed by atoms with E-state index >= 15 is 0 Å². The van der Waals surface area contributed by atoms with E-state index in [9.17, 15) is 17.6 Å². The number of hydrogen-bond donors (Lipinski definition) is 2. The number of aryl methyl sites for hydroxylation is 1. The Kier molecular flexibility index (Phi) is 6.12. The molecule has 0 radical (unpaired) electrons. The molecule has 8 heteroatoms. The highest BCUT2D eigenvalue weighted by atomic mass is 32.2. The van der Waals surface area contributed by atoms with Crippen LogP contribution in [0.15, 0.2) is 47.4 Å². The Bertz CT molecular complexity index is 913. The lowest BCUT2D eigenvalue weighted by Crippen LogP contribution is -2.34. The fourth-order valence-corrected chi connectivity index (χ4v) is 3.65. The SMILES string of the molecule is Cc1ccc(S(=O)(=O)NCC(c2cccc(F)c2)N(C)C)cc1C(=O)O. The summed E-state index contributed by atoms with van der Waals surface area (Å²) in [5, 5.41) is 9.16. The number of sulfonamides is 1. The highest BCUT2D eigenvalue weighted by Crippen LogP contribution is 2.20. The molecule has 0 aromatic heterocycles. The molecule has 1 atom stereocenters. The molecule has 0 aliphatic carbocycles. The van der Waals surface area contributed by atoms with Crippen LogP contribution in [0.4, 0.5) is 4.39 Å². The molecule has 0 saturated heterocycles. The predicted molar refractivity (Wildman–Crippen MR) is 96.2 cm³/mol. The zero-order valence-electron chi connectivity index (χ0n) is 14.7. The molecule has 0 fully saturated rings. The molecule has 0 heterocycles.